The maximum absolute atomic E-state index is 12.7. The quantitative estimate of drug-likeness (QED) is 0.557. The zero-order valence-electron chi connectivity index (χ0n) is 20.6. The lowest BCUT2D eigenvalue weighted by Crippen LogP contribution is -2.41. The predicted molar refractivity (Wildman–Crippen MR) is 135 cm³/mol. The topological polar surface area (TPSA) is 55.1 Å². The van der Waals surface area contributed by atoms with Crippen molar-refractivity contribution < 1.29 is 4.79 Å². The number of rotatable bonds is 7. The summed E-state index contributed by atoms with van der Waals surface area (Å²) in [5.74, 6) is 2.01. The summed E-state index contributed by atoms with van der Waals surface area (Å²) in [6.45, 7) is 13.2. The Balaban J connectivity index is 1.63. The molecule has 0 bridgehead atoms. The fraction of sp³-hybridized carbons (Fsp3) is 0.481. The first kappa shape index (κ1) is 23.1. The predicted octanol–water partition coefficient (Wildman–Crippen LogP) is 4.97. The summed E-state index contributed by atoms with van der Waals surface area (Å²) in [7, 11) is 0. The van der Waals surface area contributed by atoms with Crippen LogP contribution in [0, 0.1) is 32.6 Å². The molecule has 6 heteroatoms. The van der Waals surface area contributed by atoms with E-state index in [4.69, 9.17) is 5.10 Å². The van der Waals surface area contributed by atoms with Crippen molar-refractivity contribution in [2.45, 2.75) is 53.9 Å². The molecule has 176 valence electrons. The van der Waals surface area contributed by atoms with Crippen molar-refractivity contribution in [1.29, 1.82) is 0 Å². The lowest BCUT2D eigenvalue weighted by atomic mass is 9.95. The average molecular weight is 448 g/mol. The molecule has 1 N–H and O–H groups in total. The van der Waals surface area contributed by atoms with Crippen molar-refractivity contribution in [2.75, 3.05) is 24.5 Å². The van der Waals surface area contributed by atoms with E-state index in [-0.39, 0.29) is 11.8 Å². The highest BCUT2D eigenvalue weighted by Crippen LogP contribution is 2.35. The molecule has 6 nitrogen and oxygen atoms in total. The van der Waals surface area contributed by atoms with Crippen molar-refractivity contribution in [2.24, 2.45) is 11.8 Å². The van der Waals surface area contributed by atoms with E-state index in [0.717, 1.165) is 61.8 Å². The first-order valence-corrected chi connectivity index (χ1v) is 12.2. The van der Waals surface area contributed by atoms with Crippen LogP contribution in [-0.2, 0) is 4.79 Å². The summed E-state index contributed by atoms with van der Waals surface area (Å²) in [5.41, 5.74) is 5.59. The molecule has 0 spiro atoms. The number of carbonyl (C=O) groups excluding carboxylic acids is 1. The van der Waals surface area contributed by atoms with Crippen LogP contribution in [-0.4, -0.2) is 39.9 Å². The number of hydrogen-bond acceptors (Lipinski definition) is 3. The van der Waals surface area contributed by atoms with Crippen molar-refractivity contribution in [3.63, 3.8) is 0 Å². The fourth-order valence-corrected chi connectivity index (χ4v) is 4.80. The first-order chi connectivity index (χ1) is 15.9. The minimum Gasteiger partial charge on any atom is -0.356 e. The molecule has 0 atom stereocenters. The number of piperidine rings is 1. The molecule has 3 aromatic rings. The zero-order chi connectivity index (χ0) is 23.5. The molecule has 33 heavy (non-hydrogen) atoms. The Kier molecular flexibility index (Phi) is 6.91. The Bertz CT molecular complexity index is 1070. The van der Waals surface area contributed by atoms with Gasteiger partial charge in [0.15, 0.2) is 5.82 Å². The van der Waals surface area contributed by atoms with E-state index in [1.54, 1.807) is 0 Å². The van der Waals surface area contributed by atoms with E-state index < -0.39 is 0 Å². The van der Waals surface area contributed by atoms with E-state index in [2.05, 4.69) is 90.5 Å². The Morgan fingerprint density at radius 3 is 2.27 bits per heavy atom. The summed E-state index contributed by atoms with van der Waals surface area (Å²) >= 11 is 0. The van der Waals surface area contributed by atoms with Crippen molar-refractivity contribution in [3.05, 3.63) is 59.5 Å². The molecule has 1 aromatic carbocycles. The average Bonchev–Trinajstić information content (AvgIpc) is 3.32. The monoisotopic (exact) mass is 447 g/mol. The van der Waals surface area contributed by atoms with E-state index in [1.807, 2.05) is 6.07 Å². The maximum Gasteiger partial charge on any atom is 0.223 e. The Hall–Kier alpha value is -3.02. The van der Waals surface area contributed by atoms with Gasteiger partial charge in [0.2, 0.25) is 5.91 Å². The Morgan fingerprint density at radius 1 is 1.03 bits per heavy atom. The molecule has 1 aliphatic heterocycles. The van der Waals surface area contributed by atoms with Gasteiger partial charge in [0, 0.05) is 36.9 Å². The van der Waals surface area contributed by atoms with Crippen LogP contribution in [0.15, 0.2) is 42.5 Å². The SMILES string of the molecule is Cc1nn(-c2ccccc2)c(N2CCC(C(=O)NCCC(C)C)CC2)c1-n1c(C)ccc1C. The van der Waals surface area contributed by atoms with Gasteiger partial charge in [-0.25, -0.2) is 4.68 Å². The van der Waals surface area contributed by atoms with Gasteiger partial charge in [-0.15, -0.1) is 0 Å². The molecule has 0 aliphatic carbocycles. The fourth-order valence-electron chi connectivity index (χ4n) is 4.80. The second-order valence-electron chi connectivity index (χ2n) is 9.69. The molecule has 3 heterocycles. The van der Waals surface area contributed by atoms with Crippen LogP contribution in [0.4, 0.5) is 5.82 Å². The largest absolute Gasteiger partial charge is 0.356 e. The standard InChI is InChI=1S/C27H37N5O/c1-19(2)13-16-28-26(33)23-14-17-30(18-15-23)27-25(31-20(3)11-12-21(31)4)22(5)29-32(27)24-9-7-6-8-10-24/h6-12,19,23H,13-18H2,1-5H3,(H,28,33). The van der Waals surface area contributed by atoms with Gasteiger partial charge in [0.1, 0.15) is 5.69 Å². The summed E-state index contributed by atoms with van der Waals surface area (Å²) in [5, 5.41) is 8.13. The molecular formula is C27H37N5O. The number of para-hydroxylation sites is 1. The van der Waals surface area contributed by atoms with Gasteiger partial charge in [0.25, 0.3) is 0 Å². The first-order valence-electron chi connectivity index (χ1n) is 12.2. The normalized spacial score (nSPS) is 14.8. The third-order valence-corrected chi connectivity index (χ3v) is 6.69. The van der Waals surface area contributed by atoms with Crippen molar-refractivity contribution >= 4 is 11.7 Å². The zero-order valence-corrected chi connectivity index (χ0v) is 20.6. The number of aromatic nitrogens is 3. The number of carbonyl (C=O) groups is 1. The van der Waals surface area contributed by atoms with Crippen molar-refractivity contribution in [3.8, 4) is 11.4 Å². The van der Waals surface area contributed by atoms with Gasteiger partial charge < -0.3 is 14.8 Å². The third-order valence-electron chi connectivity index (χ3n) is 6.69. The molecule has 0 unspecified atom stereocenters. The van der Waals surface area contributed by atoms with E-state index in [0.29, 0.717) is 5.92 Å². The summed E-state index contributed by atoms with van der Waals surface area (Å²) in [6.07, 6.45) is 2.74. The van der Waals surface area contributed by atoms with Gasteiger partial charge in [-0.1, -0.05) is 32.0 Å². The van der Waals surface area contributed by atoms with E-state index in [9.17, 15) is 4.79 Å². The van der Waals surface area contributed by atoms with Crippen LogP contribution in [0.1, 0.15) is 50.2 Å². The van der Waals surface area contributed by atoms with Crippen LogP contribution in [0.3, 0.4) is 0 Å². The molecule has 1 saturated heterocycles. The van der Waals surface area contributed by atoms with Crippen molar-refractivity contribution in [1.82, 2.24) is 19.7 Å². The van der Waals surface area contributed by atoms with Crippen LogP contribution in [0.5, 0.6) is 0 Å². The molecule has 0 saturated carbocycles. The highest BCUT2D eigenvalue weighted by atomic mass is 16.1. The van der Waals surface area contributed by atoms with Gasteiger partial charge in [0.05, 0.1) is 11.4 Å². The van der Waals surface area contributed by atoms with Crippen LogP contribution >= 0.6 is 0 Å². The number of anilines is 1. The smallest absolute Gasteiger partial charge is 0.223 e. The molecule has 1 amide bonds. The van der Waals surface area contributed by atoms with Gasteiger partial charge in [-0.05, 0) is 70.2 Å². The molecular weight excluding hydrogens is 410 g/mol. The lowest BCUT2D eigenvalue weighted by Gasteiger charge is -2.34. The molecule has 4 rings (SSSR count). The molecule has 1 fully saturated rings. The van der Waals surface area contributed by atoms with E-state index in [1.165, 1.54) is 11.4 Å². The number of nitrogens with zero attached hydrogens (tertiary/aromatic N) is 4. The number of hydrogen-bond donors (Lipinski definition) is 1. The molecule has 2 aromatic heterocycles. The summed E-state index contributed by atoms with van der Waals surface area (Å²) < 4.78 is 4.38. The maximum atomic E-state index is 12.7. The number of amides is 1. The third kappa shape index (κ3) is 4.85. The van der Waals surface area contributed by atoms with E-state index >= 15 is 0 Å². The highest BCUT2D eigenvalue weighted by Gasteiger charge is 2.30. The number of nitrogens with one attached hydrogen (secondary N) is 1. The summed E-state index contributed by atoms with van der Waals surface area (Å²) in [6, 6.07) is 14.7. The number of aryl methyl sites for hydroxylation is 3. The highest BCUT2D eigenvalue weighted by molar-refractivity contribution is 5.79. The van der Waals surface area contributed by atoms with Crippen LogP contribution in [0.2, 0.25) is 0 Å². The molecule has 1 aliphatic rings. The van der Waals surface area contributed by atoms with Gasteiger partial charge >= 0.3 is 0 Å². The number of benzene rings is 1. The van der Waals surface area contributed by atoms with Gasteiger partial charge in [-0.2, -0.15) is 5.10 Å². The lowest BCUT2D eigenvalue weighted by molar-refractivity contribution is -0.125. The second kappa shape index (κ2) is 9.86. The van der Waals surface area contributed by atoms with Crippen LogP contribution < -0.4 is 10.2 Å². The minimum absolute atomic E-state index is 0.0844. The van der Waals surface area contributed by atoms with Crippen LogP contribution in [0.25, 0.3) is 11.4 Å². The second-order valence-corrected chi connectivity index (χ2v) is 9.69. The Morgan fingerprint density at radius 2 is 1.67 bits per heavy atom. The van der Waals surface area contributed by atoms with Gasteiger partial charge in [-0.3, -0.25) is 4.79 Å². The summed E-state index contributed by atoms with van der Waals surface area (Å²) in [4.78, 5) is 15.1. The Labute approximate surface area is 197 Å². The minimum atomic E-state index is 0.0844. The molecule has 0 radical (unpaired) electrons.